The molecule has 4 amide bonds. The molecular weight excluding hydrogens is 552 g/mol. The average molecular weight is 591 g/mol. The van der Waals surface area contributed by atoms with Gasteiger partial charge in [-0.05, 0) is 55.7 Å². The molecule has 6 atom stereocenters. The Balaban J connectivity index is 1.53. The zero-order valence-corrected chi connectivity index (χ0v) is 24.9. The summed E-state index contributed by atoms with van der Waals surface area (Å²) in [4.78, 5) is 66.3. The predicted octanol–water partition coefficient (Wildman–Crippen LogP) is 3.01. The van der Waals surface area contributed by atoms with Crippen LogP contribution in [0.15, 0.2) is 18.2 Å². The highest BCUT2D eigenvalue weighted by Gasteiger charge is 2.54. The second-order valence-corrected chi connectivity index (χ2v) is 12.3. The summed E-state index contributed by atoms with van der Waals surface area (Å²) in [7, 11) is 0. The van der Waals surface area contributed by atoms with E-state index in [4.69, 9.17) is 21.1 Å². The van der Waals surface area contributed by atoms with Crippen molar-refractivity contribution < 1.29 is 33.4 Å². The fraction of sp³-hybridized carbons (Fsp3) is 0.621. The summed E-state index contributed by atoms with van der Waals surface area (Å²) >= 11 is 6.39. The van der Waals surface area contributed by atoms with E-state index < -0.39 is 41.7 Å². The zero-order valence-electron chi connectivity index (χ0n) is 24.1. The molecule has 1 unspecified atom stereocenters. The van der Waals surface area contributed by atoms with Crippen molar-refractivity contribution in [2.24, 2.45) is 11.3 Å². The van der Waals surface area contributed by atoms with E-state index in [1.807, 2.05) is 20.8 Å². The Labute approximate surface area is 245 Å². The summed E-state index contributed by atoms with van der Waals surface area (Å²) in [5.41, 5.74) is -0.0684. The quantitative estimate of drug-likeness (QED) is 0.375. The summed E-state index contributed by atoms with van der Waals surface area (Å²) in [5, 5.41) is 8.59. The van der Waals surface area contributed by atoms with Crippen LogP contribution in [0.1, 0.15) is 77.1 Å². The molecule has 2 heterocycles. The monoisotopic (exact) mass is 590 g/mol. The van der Waals surface area contributed by atoms with Crippen molar-refractivity contribution in [3.05, 3.63) is 28.8 Å². The second kappa shape index (κ2) is 12.4. The molecular formula is C29H39ClN4O7. The first-order valence-electron chi connectivity index (χ1n) is 14.2. The van der Waals surface area contributed by atoms with Gasteiger partial charge in [0.15, 0.2) is 0 Å². The molecule has 12 heteroatoms. The number of halogens is 1. The summed E-state index contributed by atoms with van der Waals surface area (Å²) in [6.45, 7) is 9.35. The van der Waals surface area contributed by atoms with Crippen LogP contribution >= 0.6 is 11.6 Å². The molecule has 0 spiro atoms. The van der Waals surface area contributed by atoms with Crippen LogP contribution in [0, 0.1) is 11.3 Å². The van der Waals surface area contributed by atoms with Gasteiger partial charge in [0.1, 0.15) is 18.1 Å². The number of carbonyl (C=O) groups excluding carboxylic acids is 5. The van der Waals surface area contributed by atoms with Gasteiger partial charge >= 0.3 is 5.97 Å². The van der Waals surface area contributed by atoms with Crippen LogP contribution in [-0.4, -0.2) is 71.6 Å². The van der Waals surface area contributed by atoms with Gasteiger partial charge in [0.25, 0.3) is 5.91 Å². The number of nitrogens with zero attached hydrogens (tertiary/aromatic N) is 1. The average Bonchev–Trinajstić information content (AvgIpc) is 3.61. The fourth-order valence-electron chi connectivity index (χ4n) is 5.91. The number of carbonyl (C=O) groups is 5. The number of piperidine rings is 1. The van der Waals surface area contributed by atoms with Crippen LogP contribution < -0.4 is 16.0 Å². The van der Waals surface area contributed by atoms with Gasteiger partial charge in [0.05, 0.1) is 17.0 Å². The number of hydrogen-bond donors (Lipinski definition) is 3. The first-order chi connectivity index (χ1) is 19.3. The van der Waals surface area contributed by atoms with E-state index in [1.165, 1.54) is 12.1 Å². The highest BCUT2D eigenvalue weighted by molar-refractivity contribution is 6.34. The van der Waals surface area contributed by atoms with Crippen molar-refractivity contribution in [2.75, 3.05) is 11.9 Å². The van der Waals surface area contributed by atoms with Crippen LogP contribution in [-0.2, 0) is 28.7 Å². The minimum absolute atomic E-state index is 0.00643. The molecule has 0 radical (unpaired) electrons. The van der Waals surface area contributed by atoms with Crippen LogP contribution in [0.5, 0.6) is 0 Å². The fourth-order valence-corrected chi connectivity index (χ4v) is 6.18. The van der Waals surface area contributed by atoms with Gasteiger partial charge in [-0.25, -0.2) is 0 Å². The number of fused-ring (bicyclic) bond motifs is 2. The first-order valence-corrected chi connectivity index (χ1v) is 14.6. The number of hydrogen-bond acceptors (Lipinski definition) is 7. The van der Waals surface area contributed by atoms with E-state index in [-0.39, 0.29) is 46.7 Å². The number of ether oxygens (including phenoxy) is 2. The number of esters is 1. The number of benzene rings is 1. The summed E-state index contributed by atoms with van der Waals surface area (Å²) < 4.78 is 10.7. The molecule has 1 saturated carbocycles. The van der Waals surface area contributed by atoms with Crippen molar-refractivity contribution in [1.82, 2.24) is 15.5 Å². The van der Waals surface area contributed by atoms with Crippen LogP contribution in [0.4, 0.5) is 5.69 Å². The minimum atomic E-state index is -0.951. The molecule has 11 nitrogen and oxygen atoms in total. The summed E-state index contributed by atoms with van der Waals surface area (Å²) in [5.74, 6) is -1.90. The number of likely N-dealkylation sites (tertiary alicyclic amines) is 1. The number of nitrogens with one attached hydrogen (secondary N) is 3. The van der Waals surface area contributed by atoms with E-state index in [0.717, 1.165) is 12.8 Å². The van der Waals surface area contributed by atoms with Crippen molar-refractivity contribution in [2.45, 2.75) is 97.2 Å². The molecule has 0 aromatic heterocycles. The van der Waals surface area contributed by atoms with Gasteiger partial charge in [-0.15, -0.1) is 0 Å². The second-order valence-electron chi connectivity index (χ2n) is 11.9. The maximum absolute atomic E-state index is 14.2. The molecule has 2 bridgehead atoms. The molecule has 4 rings (SSSR count). The van der Waals surface area contributed by atoms with Gasteiger partial charge in [0, 0.05) is 24.8 Å². The predicted molar refractivity (Wildman–Crippen MR) is 151 cm³/mol. The topological polar surface area (TPSA) is 143 Å². The van der Waals surface area contributed by atoms with E-state index >= 15 is 0 Å². The van der Waals surface area contributed by atoms with Gasteiger partial charge in [0.2, 0.25) is 24.0 Å². The molecule has 41 heavy (non-hydrogen) atoms. The lowest BCUT2D eigenvalue weighted by molar-refractivity contribution is -0.165. The number of anilines is 1. The highest BCUT2D eigenvalue weighted by Crippen LogP contribution is 2.44. The van der Waals surface area contributed by atoms with E-state index in [1.54, 1.807) is 24.8 Å². The summed E-state index contributed by atoms with van der Waals surface area (Å²) in [6.07, 6.45) is 1.70. The summed E-state index contributed by atoms with van der Waals surface area (Å²) in [6, 6.07) is 2.12. The third-order valence-electron chi connectivity index (χ3n) is 7.94. The molecule has 224 valence electrons. The molecule has 3 aliphatic rings. The van der Waals surface area contributed by atoms with Crippen LogP contribution in [0.2, 0.25) is 5.02 Å². The van der Waals surface area contributed by atoms with Gasteiger partial charge in [-0.3, -0.25) is 24.0 Å². The Kier molecular flexibility index (Phi) is 9.28. The maximum Gasteiger partial charge on any atom is 0.310 e. The molecule has 1 aromatic rings. The zero-order chi connectivity index (χ0) is 30.1. The molecule has 1 aromatic carbocycles. The van der Waals surface area contributed by atoms with E-state index in [0.29, 0.717) is 25.1 Å². The van der Waals surface area contributed by atoms with Crippen molar-refractivity contribution in [1.29, 1.82) is 0 Å². The molecule has 2 saturated heterocycles. The smallest absolute Gasteiger partial charge is 0.310 e. The lowest BCUT2D eigenvalue weighted by Crippen LogP contribution is -2.62. The SMILES string of the molecule is CCO[C@@H]1OC(=O)CC1NC(=O)[C@@H]1[C@H]2CC[C@@H](C2)N1C(=O)[C@@H](NC(=O)c1ccc(NC(=O)CC)cc1Cl)C(C)(C)C. The first kappa shape index (κ1) is 30.8. The van der Waals surface area contributed by atoms with Gasteiger partial charge < -0.3 is 30.3 Å². The Morgan fingerprint density at radius 1 is 1.17 bits per heavy atom. The molecule has 3 fully saturated rings. The number of amides is 4. The third kappa shape index (κ3) is 6.67. The highest BCUT2D eigenvalue weighted by atomic mass is 35.5. The minimum Gasteiger partial charge on any atom is -0.433 e. The molecule has 1 aliphatic carbocycles. The Bertz CT molecular complexity index is 1220. The largest absolute Gasteiger partial charge is 0.433 e. The van der Waals surface area contributed by atoms with Crippen LogP contribution in [0.3, 0.4) is 0 Å². The lowest BCUT2D eigenvalue weighted by Gasteiger charge is -2.40. The van der Waals surface area contributed by atoms with E-state index in [9.17, 15) is 24.0 Å². The Hall–Kier alpha value is -3.18. The van der Waals surface area contributed by atoms with Crippen LogP contribution in [0.25, 0.3) is 0 Å². The van der Waals surface area contributed by atoms with Crippen molar-refractivity contribution in [3.8, 4) is 0 Å². The van der Waals surface area contributed by atoms with Crippen molar-refractivity contribution in [3.63, 3.8) is 0 Å². The van der Waals surface area contributed by atoms with Gasteiger partial charge in [-0.2, -0.15) is 0 Å². The Morgan fingerprint density at radius 2 is 1.90 bits per heavy atom. The Morgan fingerprint density at radius 3 is 2.54 bits per heavy atom. The normalized spacial score (nSPS) is 26.0. The van der Waals surface area contributed by atoms with E-state index in [2.05, 4.69) is 16.0 Å². The molecule has 3 N–H and O–H groups in total. The molecule has 2 aliphatic heterocycles. The third-order valence-corrected chi connectivity index (χ3v) is 8.25. The van der Waals surface area contributed by atoms with Crippen molar-refractivity contribution >= 4 is 46.9 Å². The lowest BCUT2D eigenvalue weighted by atomic mass is 9.84. The standard InChI is InChI=1S/C29H39ClN4O7/c1-6-21(35)31-16-9-11-18(19(30)13-16)25(37)33-24(29(3,4)5)27(39)34-17-10-8-15(12-17)23(34)26(38)32-20-14-22(36)41-28(20)40-7-2/h9,11,13,15,17,20,23-24,28H,6-8,10,12,14H2,1-5H3,(H,31,35)(H,32,38)(H,33,37)/t15-,17-,20?,23-,24+,28+/m0/s1. The maximum atomic E-state index is 14.2. The number of cyclic esters (lactones) is 1. The van der Waals surface area contributed by atoms with Gasteiger partial charge in [-0.1, -0.05) is 39.3 Å². The number of rotatable bonds is 9.